The van der Waals surface area contributed by atoms with Crippen molar-refractivity contribution in [3.05, 3.63) is 58.3 Å². The molecule has 2 aromatic rings. The van der Waals surface area contributed by atoms with Crippen LogP contribution >= 0.6 is 0 Å². The lowest BCUT2D eigenvalue weighted by molar-refractivity contribution is 0.0732. The predicted octanol–water partition coefficient (Wildman–Crippen LogP) is 1.33. The van der Waals surface area contributed by atoms with E-state index in [0.29, 0.717) is 0 Å². The second kappa shape index (κ2) is 4.93. The molecule has 0 aliphatic rings. The highest BCUT2D eigenvalue weighted by Gasteiger charge is 2.15. The Labute approximate surface area is 108 Å². The Morgan fingerprint density at radius 3 is 2.58 bits per heavy atom. The number of nitrogens with zero attached hydrogens (tertiary/aromatic N) is 1. The van der Waals surface area contributed by atoms with Crippen LogP contribution in [0.1, 0.15) is 10.4 Å². The van der Waals surface area contributed by atoms with E-state index in [1.807, 2.05) is 0 Å². The molecular weight excluding hydrogens is 251 g/mol. The summed E-state index contributed by atoms with van der Waals surface area (Å²) in [6, 6.07) is 6.14. The van der Waals surface area contributed by atoms with E-state index in [1.165, 1.54) is 36.0 Å². The summed E-state index contributed by atoms with van der Waals surface area (Å²) in [5.41, 5.74) is 5.15. The lowest BCUT2D eigenvalue weighted by Gasteiger charge is -2.06. The topological polar surface area (TPSA) is 74.3 Å². The standard InChI is InChI=1S/C13H11FN2O3/c1-16-7-9(15)6-11(12(16)17)13(18)19-10-4-2-8(14)3-5-10/h2-7H,15H2,1H3. The van der Waals surface area contributed by atoms with Crippen LogP contribution in [0.5, 0.6) is 5.75 Å². The van der Waals surface area contributed by atoms with Crippen molar-refractivity contribution in [2.75, 3.05) is 5.73 Å². The number of halogens is 1. The lowest BCUT2D eigenvalue weighted by Crippen LogP contribution is -2.26. The Morgan fingerprint density at radius 2 is 1.95 bits per heavy atom. The van der Waals surface area contributed by atoms with Gasteiger partial charge in [0.25, 0.3) is 5.56 Å². The maximum absolute atomic E-state index is 12.7. The van der Waals surface area contributed by atoms with Gasteiger partial charge in [-0.1, -0.05) is 0 Å². The molecule has 19 heavy (non-hydrogen) atoms. The highest BCUT2D eigenvalue weighted by Crippen LogP contribution is 2.13. The SMILES string of the molecule is Cn1cc(N)cc(C(=O)Oc2ccc(F)cc2)c1=O. The third-order valence-electron chi connectivity index (χ3n) is 2.45. The molecule has 0 radical (unpaired) electrons. The molecule has 1 aromatic carbocycles. The summed E-state index contributed by atoms with van der Waals surface area (Å²) < 4.78 is 18.9. The van der Waals surface area contributed by atoms with E-state index in [-0.39, 0.29) is 17.0 Å². The van der Waals surface area contributed by atoms with E-state index in [0.717, 1.165) is 12.1 Å². The Morgan fingerprint density at radius 1 is 1.32 bits per heavy atom. The Balaban J connectivity index is 2.30. The molecule has 0 amide bonds. The molecule has 0 aliphatic heterocycles. The first-order valence-corrected chi connectivity index (χ1v) is 5.41. The van der Waals surface area contributed by atoms with Gasteiger partial charge < -0.3 is 15.0 Å². The number of benzene rings is 1. The minimum atomic E-state index is -0.834. The van der Waals surface area contributed by atoms with Crippen molar-refractivity contribution in [2.45, 2.75) is 0 Å². The van der Waals surface area contributed by atoms with Crippen molar-refractivity contribution in [1.82, 2.24) is 4.57 Å². The van der Waals surface area contributed by atoms with Crippen LogP contribution < -0.4 is 16.0 Å². The highest BCUT2D eigenvalue weighted by molar-refractivity contribution is 5.91. The van der Waals surface area contributed by atoms with E-state index in [2.05, 4.69) is 0 Å². The molecule has 0 saturated carbocycles. The smallest absolute Gasteiger partial charge is 0.349 e. The normalized spacial score (nSPS) is 10.2. The number of carbonyl (C=O) groups excluding carboxylic acids is 1. The first kappa shape index (κ1) is 12.8. The van der Waals surface area contributed by atoms with Gasteiger partial charge in [0.1, 0.15) is 17.1 Å². The predicted molar refractivity (Wildman–Crippen MR) is 67.5 cm³/mol. The van der Waals surface area contributed by atoms with Crippen LogP contribution in [0, 0.1) is 5.82 Å². The number of ether oxygens (including phenoxy) is 1. The minimum Gasteiger partial charge on any atom is -0.423 e. The molecule has 2 N–H and O–H groups in total. The molecule has 5 nitrogen and oxygen atoms in total. The van der Waals surface area contributed by atoms with E-state index >= 15 is 0 Å². The summed E-state index contributed by atoms with van der Waals surface area (Å²) in [5, 5.41) is 0. The van der Waals surface area contributed by atoms with Crippen LogP contribution in [0.3, 0.4) is 0 Å². The molecule has 0 aliphatic carbocycles. The van der Waals surface area contributed by atoms with Gasteiger partial charge in [0.15, 0.2) is 0 Å². The summed E-state index contributed by atoms with van der Waals surface area (Å²) in [4.78, 5) is 23.6. The average Bonchev–Trinajstić information content (AvgIpc) is 2.36. The van der Waals surface area contributed by atoms with Gasteiger partial charge in [-0.2, -0.15) is 0 Å². The molecule has 0 saturated heterocycles. The molecular formula is C13H11FN2O3. The summed E-state index contributed by atoms with van der Waals surface area (Å²) in [6.45, 7) is 0. The monoisotopic (exact) mass is 262 g/mol. The van der Waals surface area contributed by atoms with Crippen LogP contribution in [0.15, 0.2) is 41.3 Å². The molecule has 1 aromatic heterocycles. The third-order valence-corrected chi connectivity index (χ3v) is 2.45. The molecule has 0 bridgehead atoms. The van der Waals surface area contributed by atoms with Gasteiger partial charge in [0.05, 0.1) is 0 Å². The summed E-state index contributed by atoms with van der Waals surface area (Å²) in [5.74, 6) is -1.13. The molecule has 0 atom stereocenters. The van der Waals surface area contributed by atoms with Gasteiger partial charge in [0.2, 0.25) is 0 Å². The molecule has 2 rings (SSSR count). The summed E-state index contributed by atoms with van der Waals surface area (Å²) in [6.07, 6.45) is 1.40. The van der Waals surface area contributed by atoms with Crippen LogP contribution in [-0.2, 0) is 7.05 Å². The number of aryl methyl sites for hydroxylation is 1. The van der Waals surface area contributed by atoms with Crippen LogP contribution in [-0.4, -0.2) is 10.5 Å². The van der Waals surface area contributed by atoms with Crippen LogP contribution in [0.2, 0.25) is 0 Å². The largest absolute Gasteiger partial charge is 0.423 e. The number of hydrogen-bond donors (Lipinski definition) is 1. The van der Waals surface area contributed by atoms with Gasteiger partial charge in [-0.05, 0) is 30.3 Å². The van der Waals surface area contributed by atoms with Crippen molar-refractivity contribution < 1.29 is 13.9 Å². The summed E-state index contributed by atoms with van der Waals surface area (Å²) in [7, 11) is 1.48. The van der Waals surface area contributed by atoms with Gasteiger partial charge in [-0.25, -0.2) is 9.18 Å². The van der Waals surface area contributed by atoms with Gasteiger partial charge >= 0.3 is 5.97 Å². The molecule has 0 spiro atoms. The lowest BCUT2D eigenvalue weighted by atomic mass is 10.2. The molecule has 0 unspecified atom stereocenters. The minimum absolute atomic E-state index is 0.149. The summed E-state index contributed by atoms with van der Waals surface area (Å²) >= 11 is 0. The molecule has 98 valence electrons. The third kappa shape index (κ3) is 2.79. The zero-order valence-corrected chi connectivity index (χ0v) is 10.1. The maximum Gasteiger partial charge on any atom is 0.349 e. The number of esters is 1. The average molecular weight is 262 g/mol. The van der Waals surface area contributed by atoms with E-state index in [1.54, 1.807) is 0 Å². The molecule has 6 heteroatoms. The zero-order chi connectivity index (χ0) is 14.0. The number of carbonyl (C=O) groups is 1. The number of aromatic nitrogens is 1. The van der Waals surface area contributed by atoms with Crippen molar-refractivity contribution >= 4 is 11.7 Å². The number of nitrogens with two attached hydrogens (primary N) is 1. The fourth-order valence-corrected chi connectivity index (χ4v) is 1.55. The van der Waals surface area contributed by atoms with Gasteiger partial charge in [-0.3, -0.25) is 4.79 Å². The second-order valence-corrected chi connectivity index (χ2v) is 3.95. The Bertz CT molecular complexity index is 677. The Kier molecular flexibility index (Phi) is 3.33. The quantitative estimate of drug-likeness (QED) is 0.654. The number of hydrogen-bond acceptors (Lipinski definition) is 4. The molecule has 1 heterocycles. The highest BCUT2D eigenvalue weighted by atomic mass is 19.1. The fraction of sp³-hybridized carbons (Fsp3) is 0.0769. The van der Waals surface area contributed by atoms with Crippen molar-refractivity contribution in [1.29, 1.82) is 0 Å². The zero-order valence-electron chi connectivity index (χ0n) is 10.1. The van der Waals surface area contributed by atoms with Crippen molar-refractivity contribution in [2.24, 2.45) is 7.05 Å². The molecule has 0 fully saturated rings. The first-order valence-electron chi connectivity index (χ1n) is 5.41. The van der Waals surface area contributed by atoms with Crippen LogP contribution in [0.25, 0.3) is 0 Å². The van der Waals surface area contributed by atoms with Gasteiger partial charge in [0, 0.05) is 18.9 Å². The second-order valence-electron chi connectivity index (χ2n) is 3.95. The van der Waals surface area contributed by atoms with Crippen LogP contribution in [0.4, 0.5) is 10.1 Å². The number of pyridine rings is 1. The Hall–Kier alpha value is -2.63. The van der Waals surface area contributed by atoms with E-state index in [4.69, 9.17) is 10.5 Å². The van der Waals surface area contributed by atoms with E-state index in [9.17, 15) is 14.0 Å². The van der Waals surface area contributed by atoms with Crippen molar-refractivity contribution in [3.8, 4) is 5.75 Å². The van der Waals surface area contributed by atoms with E-state index < -0.39 is 17.3 Å². The first-order chi connectivity index (χ1) is 8.97. The number of rotatable bonds is 2. The number of nitrogen functional groups attached to an aromatic ring is 1. The fourth-order valence-electron chi connectivity index (χ4n) is 1.55. The van der Waals surface area contributed by atoms with Gasteiger partial charge in [-0.15, -0.1) is 0 Å². The maximum atomic E-state index is 12.7. The van der Waals surface area contributed by atoms with Crippen molar-refractivity contribution in [3.63, 3.8) is 0 Å². The number of anilines is 1.